The van der Waals surface area contributed by atoms with Crippen LogP contribution in [0.15, 0.2) is 30.6 Å². The van der Waals surface area contributed by atoms with Gasteiger partial charge in [-0.3, -0.25) is 10.00 Å². The van der Waals surface area contributed by atoms with Gasteiger partial charge in [0.25, 0.3) is 0 Å². The van der Waals surface area contributed by atoms with Gasteiger partial charge in [-0.15, -0.1) is 0 Å². The summed E-state index contributed by atoms with van der Waals surface area (Å²) >= 11 is 6.33. The number of carboxylic acid groups (broad SMARTS) is 1. The predicted octanol–water partition coefficient (Wildman–Crippen LogP) is 6.14. The summed E-state index contributed by atoms with van der Waals surface area (Å²) in [7, 11) is 1.48. The molecule has 0 bridgehead atoms. The van der Waals surface area contributed by atoms with E-state index in [2.05, 4.69) is 25.7 Å². The van der Waals surface area contributed by atoms with E-state index in [0.29, 0.717) is 11.3 Å². The lowest BCUT2D eigenvalue weighted by Gasteiger charge is -2.22. The fourth-order valence-electron chi connectivity index (χ4n) is 3.47. The van der Waals surface area contributed by atoms with Gasteiger partial charge in [-0.1, -0.05) is 11.6 Å². The Bertz CT molecular complexity index is 1360. The Kier molecular flexibility index (Phi) is 9.00. The Morgan fingerprint density at radius 1 is 1.23 bits per heavy atom. The molecule has 0 saturated carbocycles. The molecule has 0 unspecified atom stereocenters. The largest absolute Gasteiger partial charge is 0.465 e. The Hall–Kier alpha value is -3.93. The van der Waals surface area contributed by atoms with Crippen molar-refractivity contribution in [1.82, 2.24) is 24.6 Å². The van der Waals surface area contributed by atoms with Crippen molar-refractivity contribution in [1.29, 1.82) is 0 Å². The molecule has 0 saturated heterocycles. The van der Waals surface area contributed by atoms with E-state index in [0.717, 1.165) is 0 Å². The third kappa shape index (κ3) is 7.56. The smallest absolute Gasteiger partial charge is 0.412 e. The Morgan fingerprint density at radius 3 is 2.54 bits per heavy atom. The first kappa shape index (κ1) is 29.6. The first-order valence-corrected chi connectivity index (χ1v) is 12.7. The maximum Gasteiger partial charge on any atom is 0.412 e. The molecule has 0 fully saturated rings. The predicted molar refractivity (Wildman–Crippen MR) is 148 cm³/mol. The van der Waals surface area contributed by atoms with Gasteiger partial charge >= 0.3 is 12.2 Å². The molecule has 13 heteroatoms. The zero-order chi connectivity index (χ0) is 29.1. The Morgan fingerprint density at radius 2 is 1.92 bits per heavy atom. The minimum Gasteiger partial charge on any atom is -0.465 e. The van der Waals surface area contributed by atoms with Crippen LogP contribution < -0.4 is 10.6 Å². The van der Waals surface area contributed by atoms with Crippen LogP contribution in [0.5, 0.6) is 0 Å². The average molecular weight is 562 g/mol. The van der Waals surface area contributed by atoms with Crippen LogP contribution in [0.4, 0.5) is 25.6 Å². The zero-order valence-electron chi connectivity index (χ0n) is 22.9. The number of nitrogens with zero attached hydrogens (tertiary/aromatic N) is 5. The maximum absolute atomic E-state index is 15.8. The number of carbonyl (C=O) groups excluding carboxylic acids is 1. The van der Waals surface area contributed by atoms with Gasteiger partial charge in [0, 0.05) is 54.2 Å². The molecule has 0 aliphatic heterocycles. The third-order valence-corrected chi connectivity index (χ3v) is 5.86. The van der Waals surface area contributed by atoms with Crippen LogP contribution in [-0.4, -0.2) is 67.2 Å². The van der Waals surface area contributed by atoms with E-state index in [1.54, 1.807) is 44.6 Å². The van der Waals surface area contributed by atoms with Gasteiger partial charge in [0.05, 0.1) is 11.4 Å². The molecule has 2 amide bonds. The van der Waals surface area contributed by atoms with E-state index in [-0.39, 0.29) is 46.5 Å². The van der Waals surface area contributed by atoms with Crippen molar-refractivity contribution in [2.24, 2.45) is 0 Å². The molecule has 0 radical (unpaired) electrons. The second-order valence-corrected chi connectivity index (χ2v) is 10.7. The van der Waals surface area contributed by atoms with Gasteiger partial charge in [0.15, 0.2) is 5.82 Å². The highest BCUT2D eigenvalue weighted by molar-refractivity contribution is 6.31. The molecular formula is C26H33ClFN7O4. The van der Waals surface area contributed by atoms with Crippen molar-refractivity contribution < 1.29 is 23.8 Å². The molecule has 3 N–H and O–H groups in total. The summed E-state index contributed by atoms with van der Waals surface area (Å²) in [5.41, 5.74) is 0.361. The first-order chi connectivity index (χ1) is 18.2. The number of carbonyl (C=O) groups is 2. The molecule has 210 valence electrons. The van der Waals surface area contributed by atoms with Crippen LogP contribution in [0.25, 0.3) is 22.5 Å². The van der Waals surface area contributed by atoms with Crippen molar-refractivity contribution in [3.05, 3.63) is 41.4 Å². The van der Waals surface area contributed by atoms with Gasteiger partial charge < -0.3 is 20.1 Å². The molecule has 0 spiro atoms. The minimum absolute atomic E-state index is 0.0501. The van der Waals surface area contributed by atoms with Gasteiger partial charge in [-0.05, 0) is 59.7 Å². The van der Waals surface area contributed by atoms with Crippen LogP contribution in [0.3, 0.4) is 0 Å². The van der Waals surface area contributed by atoms with Crippen molar-refractivity contribution >= 4 is 35.4 Å². The van der Waals surface area contributed by atoms with E-state index >= 15 is 4.39 Å². The fourth-order valence-corrected chi connectivity index (χ4v) is 3.69. The molecule has 3 aromatic rings. The molecule has 0 aliphatic rings. The standard InChI is InChI=1S/C26H33ClFN7O4/c1-14(2)35-13-18(19-8-9-29-23(31-19)30-12-15(3)34(7)25(37)38)22(33-35)17-10-16(27)11-20(21(17)28)32-24(36)39-26(4,5)6/h8-11,13-15H,12H2,1-7H3,(H,32,36)(H,37,38)(H,29,30,31)/t15-/m0/s1. The summed E-state index contributed by atoms with van der Waals surface area (Å²) in [5.74, 6) is -0.473. The normalized spacial score (nSPS) is 12.3. The number of rotatable bonds is 8. The van der Waals surface area contributed by atoms with E-state index in [4.69, 9.17) is 16.3 Å². The fraction of sp³-hybridized carbons (Fsp3) is 0.423. The lowest BCUT2D eigenvalue weighted by Crippen LogP contribution is -2.38. The highest BCUT2D eigenvalue weighted by Crippen LogP contribution is 2.37. The van der Waals surface area contributed by atoms with Crippen molar-refractivity contribution in [3.8, 4) is 22.5 Å². The molecule has 1 atom stereocenters. The molecule has 11 nitrogen and oxygen atoms in total. The van der Waals surface area contributed by atoms with Crippen LogP contribution >= 0.6 is 11.6 Å². The second kappa shape index (κ2) is 11.9. The van der Waals surface area contributed by atoms with Crippen molar-refractivity contribution in [2.45, 2.75) is 59.2 Å². The second-order valence-electron chi connectivity index (χ2n) is 10.3. The summed E-state index contributed by atoms with van der Waals surface area (Å²) in [5, 5.41) is 19.4. The number of halogens is 2. The molecule has 0 aliphatic carbocycles. The summed E-state index contributed by atoms with van der Waals surface area (Å²) in [4.78, 5) is 33.5. The summed E-state index contributed by atoms with van der Waals surface area (Å²) in [6, 6.07) is 3.99. The van der Waals surface area contributed by atoms with E-state index in [1.165, 1.54) is 30.3 Å². The first-order valence-electron chi connectivity index (χ1n) is 12.3. The van der Waals surface area contributed by atoms with Crippen LogP contribution in [0.2, 0.25) is 5.02 Å². The number of ether oxygens (including phenoxy) is 1. The Labute approximate surface area is 231 Å². The SMILES string of the molecule is CC(C)n1cc(-c2ccnc(NC[C@H](C)N(C)C(=O)O)n2)c(-c2cc(Cl)cc(NC(=O)OC(C)(C)C)c2F)n1. The van der Waals surface area contributed by atoms with E-state index in [9.17, 15) is 14.7 Å². The number of nitrogens with one attached hydrogen (secondary N) is 2. The molecular weight excluding hydrogens is 529 g/mol. The topological polar surface area (TPSA) is 134 Å². The highest BCUT2D eigenvalue weighted by atomic mass is 35.5. The number of hydrogen-bond donors (Lipinski definition) is 3. The molecule has 1 aromatic carbocycles. The quantitative estimate of drug-likeness (QED) is 0.298. The monoisotopic (exact) mass is 561 g/mol. The molecule has 2 aromatic heterocycles. The minimum atomic E-state index is -1.05. The summed E-state index contributed by atoms with van der Waals surface area (Å²) < 4.78 is 22.7. The van der Waals surface area contributed by atoms with Crippen LogP contribution in [-0.2, 0) is 4.74 Å². The van der Waals surface area contributed by atoms with Crippen LogP contribution in [0, 0.1) is 5.82 Å². The lowest BCUT2D eigenvalue weighted by molar-refractivity contribution is 0.0635. The molecule has 2 heterocycles. The zero-order valence-corrected chi connectivity index (χ0v) is 23.7. The summed E-state index contributed by atoms with van der Waals surface area (Å²) in [6.07, 6.45) is 1.41. The van der Waals surface area contributed by atoms with Gasteiger partial charge in [-0.25, -0.2) is 23.9 Å². The lowest BCUT2D eigenvalue weighted by atomic mass is 10.0. The molecule has 39 heavy (non-hydrogen) atoms. The average Bonchev–Trinajstić information content (AvgIpc) is 3.28. The van der Waals surface area contributed by atoms with Crippen LogP contribution in [0.1, 0.15) is 47.6 Å². The number of likely N-dealkylation sites (N-methyl/N-ethyl adjacent to an activating group) is 1. The number of hydrogen-bond acceptors (Lipinski definition) is 7. The number of aromatic nitrogens is 4. The van der Waals surface area contributed by atoms with Crippen molar-refractivity contribution in [3.63, 3.8) is 0 Å². The molecule has 3 rings (SSSR count). The maximum atomic E-state index is 15.8. The van der Waals surface area contributed by atoms with Gasteiger partial charge in [-0.2, -0.15) is 5.10 Å². The van der Waals surface area contributed by atoms with E-state index < -0.39 is 23.6 Å². The number of benzene rings is 1. The highest BCUT2D eigenvalue weighted by Gasteiger charge is 2.24. The van der Waals surface area contributed by atoms with E-state index in [1.807, 2.05) is 13.8 Å². The van der Waals surface area contributed by atoms with Gasteiger partial charge in [0.2, 0.25) is 5.95 Å². The number of anilines is 2. The summed E-state index contributed by atoms with van der Waals surface area (Å²) in [6.45, 7) is 11.0. The Balaban J connectivity index is 2.01. The van der Waals surface area contributed by atoms with Gasteiger partial charge in [0.1, 0.15) is 11.3 Å². The number of amides is 2. The van der Waals surface area contributed by atoms with Crippen molar-refractivity contribution in [2.75, 3.05) is 24.2 Å². The third-order valence-electron chi connectivity index (χ3n) is 5.64.